The summed E-state index contributed by atoms with van der Waals surface area (Å²) in [7, 11) is 0. The minimum Gasteiger partial charge on any atom is -0.392 e. The molecule has 0 bridgehead atoms. The van der Waals surface area contributed by atoms with Gasteiger partial charge in [-0.1, -0.05) is 0 Å². The zero-order valence-corrected chi connectivity index (χ0v) is 9.56. The quantitative estimate of drug-likeness (QED) is 0.643. The molecule has 1 aromatic rings. The Labute approximate surface area is 94.6 Å². The number of hydrogen-bond acceptors (Lipinski definition) is 5. The maximum Gasteiger partial charge on any atom is 0.311 e. The first-order valence-electron chi connectivity index (χ1n) is 4.22. The third-order valence-corrected chi connectivity index (χ3v) is 2.25. The molecule has 0 saturated carbocycles. The van der Waals surface area contributed by atoms with Crippen LogP contribution in [0.15, 0.2) is 16.9 Å². The van der Waals surface area contributed by atoms with E-state index in [-0.39, 0.29) is 12.2 Å². The van der Waals surface area contributed by atoms with Gasteiger partial charge in [0.25, 0.3) is 0 Å². The van der Waals surface area contributed by atoms with Gasteiger partial charge in [-0.25, -0.2) is 0 Å². The average molecular weight is 276 g/mol. The number of rotatable bonds is 4. The summed E-state index contributed by atoms with van der Waals surface area (Å²) in [6, 6.07) is 0. The monoisotopic (exact) mass is 275 g/mol. The number of aromatic nitrogens is 1. The van der Waals surface area contributed by atoms with E-state index in [0.29, 0.717) is 10.2 Å². The second-order valence-corrected chi connectivity index (χ2v) is 3.86. The first-order valence-corrected chi connectivity index (χ1v) is 5.01. The van der Waals surface area contributed by atoms with Gasteiger partial charge in [-0.15, -0.1) is 0 Å². The SMILES string of the molecule is CC(O)CNc1c(Br)cncc1[N+](=O)[O-]. The van der Waals surface area contributed by atoms with Crippen LogP contribution >= 0.6 is 15.9 Å². The predicted molar refractivity (Wildman–Crippen MR) is 58.8 cm³/mol. The number of aliphatic hydroxyl groups excluding tert-OH is 1. The van der Waals surface area contributed by atoms with E-state index in [9.17, 15) is 10.1 Å². The van der Waals surface area contributed by atoms with Crippen LogP contribution in [-0.4, -0.2) is 27.7 Å². The fourth-order valence-corrected chi connectivity index (χ4v) is 1.45. The minimum absolute atomic E-state index is 0.120. The molecule has 1 aromatic heterocycles. The molecule has 15 heavy (non-hydrogen) atoms. The number of aliphatic hydroxyl groups is 1. The van der Waals surface area contributed by atoms with Gasteiger partial charge >= 0.3 is 5.69 Å². The molecule has 0 radical (unpaired) electrons. The zero-order chi connectivity index (χ0) is 11.4. The van der Waals surface area contributed by atoms with Crippen molar-refractivity contribution in [2.75, 3.05) is 11.9 Å². The molecule has 1 unspecified atom stereocenters. The molecule has 0 spiro atoms. The molecule has 0 aromatic carbocycles. The van der Waals surface area contributed by atoms with E-state index >= 15 is 0 Å². The number of halogens is 1. The molecule has 1 rings (SSSR count). The first-order chi connectivity index (χ1) is 7.02. The maximum atomic E-state index is 10.7. The predicted octanol–water partition coefficient (Wildman–Crippen LogP) is 1.54. The molecule has 82 valence electrons. The molecular weight excluding hydrogens is 266 g/mol. The standard InChI is InChI=1S/C8H10BrN3O3/c1-5(13)2-11-8-6(9)3-10-4-7(8)12(14)15/h3-5,13H,2H2,1H3,(H,10,11). The lowest BCUT2D eigenvalue weighted by molar-refractivity contribution is -0.384. The molecular formula is C8H10BrN3O3. The number of nitrogens with zero attached hydrogens (tertiary/aromatic N) is 2. The van der Waals surface area contributed by atoms with Crippen LogP contribution in [0, 0.1) is 10.1 Å². The summed E-state index contributed by atoms with van der Waals surface area (Å²) < 4.78 is 0.498. The second-order valence-electron chi connectivity index (χ2n) is 3.00. The van der Waals surface area contributed by atoms with E-state index in [2.05, 4.69) is 26.2 Å². The number of hydrogen-bond donors (Lipinski definition) is 2. The van der Waals surface area contributed by atoms with E-state index in [1.54, 1.807) is 6.92 Å². The van der Waals surface area contributed by atoms with Gasteiger partial charge in [0.15, 0.2) is 0 Å². The van der Waals surface area contributed by atoms with Crippen molar-refractivity contribution in [2.45, 2.75) is 13.0 Å². The van der Waals surface area contributed by atoms with Crippen molar-refractivity contribution < 1.29 is 10.0 Å². The van der Waals surface area contributed by atoms with E-state index in [1.165, 1.54) is 6.20 Å². The summed E-state index contributed by atoms with van der Waals surface area (Å²) in [5.41, 5.74) is 0.209. The van der Waals surface area contributed by atoms with Crippen LogP contribution in [-0.2, 0) is 0 Å². The molecule has 0 aliphatic rings. The highest BCUT2D eigenvalue weighted by Gasteiger charge is 2.17. The number of pyridine rings is 1. The average Bonchev–Trinajstić information content (AvgIpc) is 2.15. The lowest BCUT2D eigenvalue weighted by atomic mass is 10.3. The van der Waals surface area contributed by atoms with Crippen LogP contribution in [0.2, 0.25) is 0 Å². The Morgan fingerprint density at radius 3 is 2.93 bits per heavy atom. The molecule has 0 aliphatic heterocycles. The van der Waals surface area contributed by atoms with Gasteiger partial charge in [0.05, 0.1) is 15.5 Å². The van der Waals surface area contributed by atoms with Gasteiger partial charge in [-0.3, -0.25) is 15.1 Å². The molecule has 0 amide bonds. The lowest BCUT2D eigenvalue weighted by Gasteiger charge is -2.09. The highest BCUT2D eigenvalue weighted by atomic mass is 79.9. The summed E-state index contributed by atoms with van der Waals surface area (Å²) in [6.07, 6.45) is 2.04. The third-order valence-electron chi connectivity index (χ3n) is 1.65. The molecule has 1 heterocycles. The van der Waals surface area contributed by atoms with Crippen LogP contribution < -0.4 is 5.32 Å². The van der Waals surface area contributed by atoms with Crippen LogP contribution in [0.5, 0.6) is 0 Å². The summed E-state index contributed by atoms with van der Waals surface area (Å²) in [5, 5.41) is 22.5. The number of anilines is 1. The summed E-state index contributed by atoms with van der Waals surface area (Å²) >= 11 is 3.15. The molecule has 2 N–H and O–H groups in total. The van der Waals surface area contributed by atoms with Crippen molar-refractivity contribution in [2.24, 2.45) is 0 Å². The van der Waals surface area contributed by atoms with Crippen molar-refractivity contribution in [1.29, 1.82) is 0 Å². The van der Waals surface area contributed by atoms with Crippen LogP contribution in [0.25, 0.3) is 0 Å². The molecule has 0 fully saturated rings. The Balaban J connectivity index is 2.97. The largest absolute Gasteiger partial charge is 0.392 e. The molecule has 0 aliphatic carbocycles. The Hall–Kier alpha value is -1.21. The van der Waals surface area contributed by atoms with Crippen molar-refractivity contribution in [1.82, 2.24) is 4.98 Å². The van der Waals surface area contributed by atoms with Gasteiger partial charge in [-0.05, 0) is 22.9 Å². The Morgan fingerprint density at radius 1 is 1.73 bits per heavy atom. The van der Waals surface area contributed by atoms with Crippen molar-refractivity contribution in [3.05, 3.63) is 27.0 Å². The molecule has 1 atom stereocenters. The number of nitrogens with one attached hydrogen (secondary N) is 1. The van der Waals surface area contributed by atoms with Gasteiger partial charge < -0.3 is 10.4 Å². The third kappa shape index (κ3) is 3.14. The van der Waals surface area contributed by atoms with Crippen LogP contribution in [0.1, 0.15) is 6.92 Å². The van der Waals surface area contributed by atoms with E-state index < -0.39 is 11.0 Å². The first kappa shape index (κ1) is 11.9. The second kappa shape index (κ2) is 5.04. The van der Waals surface area contributed by atoms with Crippen molar-refractivity contribution in [3.8, 4) is 0 Å². The lowest BCUT2D eigenvalue weighted by Crippen LogP contribution is -2.16. The van der Waals surface area contributed by atoms with Crippen LogP contribution in [0.3, 0.4) is 0 Å². The molecule has 0 saturated heterocycles. The zero-order valence-electron chi connectivity index (χ0n) is 7.98. The minimum atomic E-state index is -0.579. The van der Waals surface area contributed by atoms with E-state index in [4.69, 9.17) is 5.11 Å². The van der Waals surface area contributed by atoms with Gasteiger partial charge in [-0.2, -0.15) is 0 Å². The van der Waals surface area contributed by atoms with E-state index in [0.717, 1.165) is 6.20 Å². The summed E-state index contributed by atoms with van der Waals surface area (Å²) in [5.74, 6) is 0. The molecule has 7 heteroatoms. The van der Waals surface area contributed by atoms with Crippen molar-refractivity contribution in [3.63, 3.8) is 0 Å². The Bertz CT molecular complexity index is 370. The Morgan fingerprint density at radius 2 is 2.40 bits per heavy atom. The normalized spacial score (nSPS) is 12.2. The van der Waals surface area contributed by atoms with Gasteiger partial charge in [0, 0.05) is 12.7 Å². The Kier molecular flexibility index (Phi) is 3.98. The smallest absolute Gasteiger partial charge is 0.311 e. The maximum absolute atomic E-state index is 10.7. The summed E-state index contributed by atoms with van der Waals surface area (Å²) in [6.45, 7) is 1.83. The topological polar surface area (TPSA) is 88.3 Å². The highest BCUT2D eigenvalue weighted by Crippen LogP contribution is 2.30. The summed E-state index contributed by atoms with van der Waals surface area (Å²) in [4.78, 5) is 13.8. The highest BCUT2D eigenvalue weighted by molar-refractivity contribution is 9.10. The number of nitro groups is 1. The fourth-order valence-electron chi connectivity index (χ4n) is 0.988. The van der Waals surface area contributed by atoms with Gasteiger partial charge in [0.2, 0.25) is 0 Å². The molecule has 6 nitrogen and oxygen atoms in total. The van der Waals surface area contributed by atoms with Gasteiger partial charge in [0.1, 0.15) is 11.9 Å². The van der Waals surface area contributed by atoms with E-state index in [1.807, 2.05) is 0 Å². The fraction of sp³-hybridized carbons (Fsp3) is 0.375. The van der Waals surface area contributed by atoms with Crippen molar-refractivity contribution >= 4 is 27.3 Å². The van der Waals surface area contributed by atoms with Crippen LogP contribution in [0.4, 0.5) is 11.4 Å².